The Morgan fingerprint density at radius 1 is 1.06 bits per heavy atom. The number of hydrogen-bond donors (Lipinski definition) is 1. The van der Waals surface area contributed by atoms with Crippen LogP contribution in [0, 0.1) is 20.8 Å². The molecule has 6 nitrogen and oxygen atoms in total. The molecule has 31 heavy (non-hydrogen) atoms. The first-order valence-electron chi connectivity index (χ1n) is 10.2. The molecule has 1 atom stereocenters. The fraction of sp³-hybridized carbons (Fsp3) is 0.292. The third-order valence-electron chi connectivity index (χ3n) is 5.67. The third kappa shape index (κ3) is 4.29. The minimum absolute atomic E-state index is 0.157. The second kappa shape index (κ2) is 8.32. The van der Waals surface area contributed by atoms with E-state index in [1.807, 2.05) is 50.2 Å². The van der Waals surface area contributed by atoms with Crippen molar-refractivity contribution in [3.63, 3.8) is 0 Å². The molecule has 162 valence electrons. The monoisotopic (exact) mass is 438 g/mol. The highest BCUT2D eigenvalue weighted by atomic mass is 32.2. The Balaban J connectivity index is 1.68. The van der Waals surface area contributed by atoms with Gasteiger partial charge in [-0.3, -0.25) is 4.79 Å². The van der Waals surface area contributed by atoms with E-state index in [-0.39, 0.29) is 23.9 Å². The topological polar surface area (TPSA) is 79.6 Å². The van der Waals surface area contributed by atoms with E-state index in [9.17, 15) is 13.2 Å². The van der Waals surface area contributed by atoms with Crippen LogP contribution in [0.25, 0.3) is 0 Å². The van der Waals surface area contributed by atoms with Crippen LogP contribution in [-0.2, 0) is 34.3 Å². The highest BCUT2D eigenvalue weighted by molar-refractivity contribution is 7.89. The lowest BCUT2D eigenvalue weighted by Crippen LogP contribution is -2.52. The molecular formula is C24H26N2O4S. The standard InChI is InChI=1S/C24H26N2O4S/c1-16-8-9-17(2)23(12-16)31(28,29)26-15-20-7-5-4-6-19(20)13-22(26)24(27)25-14-21-11-10-18(3)30-21/h4-12,22H,13-15H2,1-3H3,(H,25,27)/t22-/m1/s1. The fourth-order valence-corrected chi connectivity index (χ4v) is 5.84. The number of nitrogens with zero attached hydrogens (tertiary/aromatic N) is 1. The molecule has 2 aromatic carbocycles. The summed E-state index contributed by atoms with van der Waals surface area (Å²) >= 11 is 0. The molecule has 2 heterocycles. The number of rotatable bonds is 5. The Morgan fingerprint density at radius 2 is 1.81 bits per heavy atom. The first-order chi connectivity index (χ1) is 14.8. The Labute approximate surface area is 182 Å². The number of amides is 1. The molecule has 0 aliphatic carbocycles. The third-order valence-corrected chi connectivity index (χ3v) is 7.67. The zero-order valence-corrected chi connectivity index (χ0v) is 18.7. The Kier molecular flexibility index (Phi) is 5.73. The molecule has 0 saturated carbocycles. The van der Waals surface area contributed by atoms with Crippen molar-refractivity contribution in [2.45, 2.75) is 51.2 Å². The molecule has 0 unspecified atom stereocenters. The average Bonchev–Trinajstić information content (AvgIpc) is 3.17. The molecule has 4 rings (SSSR count). The summed E-state index contributed by atoms with van der Waals surface area (Å²) < 4.78 is 34.2. The van der Waals surface area contributed by atoms with Gasteiger partial charge in [-0.15, -0.1) is 0 Å². The van der Waals surface area contributed by atoms with E-state index >= 15 is 0 Å². The molecule has 1 aliphatic heterocycles. The van der Waals surface area contributed by atoms with E-state index in [4.69, 9.17) is 4.42 Å². The molecule has 0 spiro atoms. The van der Waals surface area contributed by atoms with Crippen molar-refractivity contribution in [3.8, 4) is 0 Å². The Bertz CT molecular complexity index is 1230. The summed E-state index contributed by atoms with van der Waals surface area (Å²) in [6.45, 7) is 5.84. The molecular weight excluding hydrogens is 412 g/mol. The van der Waals surface area contributed by atoms with Gasteiger partial charge in [-0.2, -0.15) is 4.31 Å². The number of fused-ring (bicyclic) bond motifs is 1. The smallest absolute Gasteiger partial charge is 0.244 e. The SMILES string of the molecule is Cc1ccc(C)c(S(=O)(=O)N2Cc3ccccc3C[C@@H]2C(=O)NCc2ccc(C)o2)c1. The van der Waals surface area contributed by atoms with Crippen LogP contribution in [0.4, 0.5) is 0 Å². The predicted molar refractivity (Wildman–Crippen MR) is 118 cm³/mol. The van der Waals surface area contributed by atoms with E-state index < -0.39 is 16.1 Å². The minimum atomic E-state index is -3.88. The van der Waals surface area contributed by atoms with E-state index in [0.29, 0.717) is 17.7 Å². The number of nitrogens with one attached hydrogen (secondary N) is 1. The van der Waals surface area contributed by atoms with Crippen molar-refractivity contribution < 1.29 is 17.6 Å². The molecule has 0 fully saturated rings. The Morgan fingerprint density at radius 3 is 2.52 bits per heavy atom. The number of carbonyl (C=O) groups excluding carboxylic acids is 1. The van der Waals surface area contributed by atoms with Gasteiger partial charge in [-0.05, 0) is 67.6 Å². The molecule has 0 saturated heterocycles. The maximum atomic E-state index is 13.7. The molecule has 7 heteroatoms. The van der Waals surface area contributed by atoms with Gasteiger partial charge in [0.25, 0.3) is 0 Å². The summed E-state index contributed by atoms with van der Waals surface area (Å²) in [7, 11) is -3.88. The van der Waals surface area contributed by atoms with Gasteiger partial charge in [0.15, 0.2) is 0 Å². The van der Waals surface area contributed by atoms with Crippen molar-refractivity contribution in [1.29, 1.82) is 0 Å². The van der Waals surface area contributed by atoms with Crippen LogP contribution in [0.3, 0.4) is 0 Å². The molecule has 1 amide bonds. The maximum absolute atomic E-state index is 13.7. The van der Waals surface area contributed by atoms with Crippen molar-refractivity contribution in [3.05, 3.63) is 88.4 Å². The van der Waals surface area contributed by atoms with Crippen LogP contribution < -0.4 is 5.32 Å². The van der Waals surface area contributed by atoms with Crippen molar-refractivity contribution in [1.82, 2.24) is 9.62 Å². The summed E-state index contributed by atoms with van der Waals surface area (Å²) in [5.41, 5.74) is 3.43. The quantitative estimate of drug-likeness (QED) is 0.660. The average molecular weight is 439 g/mol. The van der Waals surface area contributed by atoms with E-state index in [0.717, 1.165) is 22.5 Å². The fourth-order valence-electron chi connectivity index (χ4n) is 3.96. The summed E-state index contributed by atoms with van der Waals surface area (Å²) in [6, 6.07) is 15.8. The molecule has 0 bridgehead atoms. The normalized spacial score (nSPS) is 16.7. The highest BCUT2D eigenvalue weighted by Gasteiger charge is 2.40. The van der Waals surface area contributed by atoms with Gasteiger partial charge in [-0.25, -0.2) is 8.42 Å². The van der Waals surface area contributed by atoms with Gasteiger partial charge in [0.2, 0.25) is 15.9 Å². The number of aryl methyl sites for hydroxylation is 3. The zero-order chi connectivity index (χ0) is 22.2. The summed E-state index contributed by atoms with van der Waals surface area (Å²) in [6.07, 6.45) is 0.323. The van der Waals surface area contributed by atoms with Gasteiger partial charge in [0, 0.05) is 6.54 Å². The van der Waals surface area contributed by atoms with Crippen molar-refractivity contribution in [2.75, 3.05) is 0 Å². The zero-order valence-electron chi connectivity index (χ0n) is 17.9. The van der Waals surface area contributed by atoms with Gasteiger partial charge in [0.05, 0.1) is 11.4 Å². The van der Waals surface area contributed by atoms with Crippen LogP contribution in [0.5, 0.6) is 0 Å². The van der Waals surface area contributed by atoms with Crippen LogP contribution in [0.2, 0.25) is 0 Å². The van der Waals surface area contributed by atoms with Crippen LogP contribution >= 0.6 is 0 Å². The van der Waals surface area contributed by atoms with Gasteiger partial charge in [0.1, 0.15) is 17.6 Å². The maximum Gasteiger partial charge on any atom is 0.244 e. The molecule has 3 aromatic rings. The minimum Gasteiger partial charge on any atom is -0.465 e. The second-order valence-corrected chi connectivity index (χ2v) is 9.90. The van der Waals surface area contributed by atoms with Crippen LogP contribution in [0.15, 0.2) is 63.9 Å². The van der Waals surface area contributed by atoms with Gasteiger partial charge in [-0.1, -0.05) is 36.4 Å². The number of sulfonamides is 1. The van der Waals surface area contributed by atoms with Gasteiger partial charge < -0.3 is 9.73 Å². The van der Waals surface area contributed by atoms with Gasteiger partial charge >= 0.3 is 0 Å². The molecule has 1 aliphatic rings. The molecule has 1 N–H and O–H groups in total. The van der Waals surface area contributed by atoms with Crippen molar-refractivity contribution in [2.24, 2.45) is 0 Å². The molecule has 0 radical (unpaired) electrons. The summed E-state index contributed by atoms with van der Waals surface area (Å²) in [4.78, 5) is 13.4. The second-order valence-electron chi connectivity index (χ2n) is 8.04. The van der Waals surface area contributed by atoms with E-state index in [2.05, 4.69) is 5.32 Å². The van der Waals surface area contributed by atoms with Crippen LogP contribution in [-0.4, -0.2) is 24.7 Å². The van der Waals surface area contributed by atoms with E-state index in [1.165, 1.54) is 4.31 Å². The van der Waals surface area contributed by atoms with Crippen molar-refractivity contribution >= 4 is 15.9 Å². The summed E-state index contributed by atoms with van der Waals surface area (Å²) in [5.74, 6) is 1.05. The highest BCUT2D eigenvalue weighted by Crippen LogP contribution is 2.31. The lowest BCUT2D eigenvalue weighted by atomic mass is 9.95. The number of furan rings is 1. The lowest BCUT2D eigenvalue weighted by molar-refractivity contribution is -0.125. The Hall–Kier alpha value is -2.90. The predicted octanol–water partition coefficient (Wildman–Crippen LogP) is 3.64. The largest absolute Gasteiger partial charge is 0.465 e. The number of benzene rings is 2. The number of carbonyl (C=O) groups is 1. The molecule has 1 aromatic heterocycles. The first-order valence-corrected chi connectivity index (χ1v) is 11.7. The summed E-state index contributed by atoms with van der Waals surface area (Å²) in [5, 5.41) is 2.85. The van der Waals surface area contributed by atoms with Crippen LogP contribution in [0.1, 0.15) is 33.8 Å². The van der Waals surface area contributed by atoms with E-state index in [1.54, 1.807) is 25.1 Å². The lowest BCUT2D eigenvalue weighted by Gasteiger charge is -2.35. The first kappa shape index (κ1) is 21.3. The number of hydrogen-bond acceptors (Lipinski definition) is 4.